The summed E-state index contributed by atoms with van der Waals surface area (Å²) >= 11 is 12.1. The van der Waals surface area contributed by atoms with Crippen molar-refractivity contribution in [3.05, 3.63) is 80.8 Å². The predicted molar refractivity (Wildman–Crippen MR) is 127 cm³/mol. The topological polar surface area (TPSA) is 121 Å². The second kappa shape index (κ2) is 11.3. The Hall–Kier alpha value is -3.68. The highest BCUT2D eigenvalue weighted by atomic mass is 35.5. The number of carbonyl (C=O) groups is 4. The van der Waals surface area contributed by atoms with Crippen LogP contribution in [0.2, 0.25) is 10.0 Å². The van der Waals surface area contributed by atoms with E-state index < -0.39 is 23.2 Å². The molecule has 3 rings (SSSR count). The lowest BCUT2D eigenvalue weighted by molar-refractivity contribution is 0.0692. The minimum atomic E-state index is -1.47. The third-order valence-electron chi connectivity index (χ3n) is 4.44. The van der Waals surface area contributed by atoms with Crippen LogP contribution in [0.25, 0.3) is 11.1 Å². The molecule has 0 unspecified atom stereocenters. The Morgan fingerprint density at radius 1 is 0.879 bits per heavy atom. The fourth-order valence-electron chi connectivity index (χ4n) is 2.91. The summed E-state index contributed by atoms with van der Waals surface area (Å²) in [5, 5.41) is 22.5. The predicted octanol–water partition coefficient (Wildman–Crippen LogP) is 5.97. The number of phenolic OH excluding ortho intramolecular Hbond substituents is 1. The van der Waals surface area contributed by atoms with Gasteiger partial charge >= 0.3 is 5.97 Å². The first kappa shape index (κ1) is 25.6. The molecule has 9 heteroatoms. The van der Waals surface area contributed by atoms with E-state index in [0.29, 0.717) is 27.5 Å². The molecule has 0 saturated heterocycles. The van der Waals surface area contributed by atoms with Crippen LogP contribution in [0.4, 0.5) is 5.69 Å². The lowest BCUT2D eigenvalue weighted by Crippen LogP contribution is -2.18. The van der Waals surface area contributed by atoms with Crippen LogP contribution in [-0.4, -0.2) is 34.7 Å². The Kier molecular flexibility index (Phi) is 8.73. The molecule has 0 aliphatic rings. The zero-order valence-corrected chi connectivity index (χ0v) is 19.1. The molecule has 3 aromatic rings. The Morgan fingerprint density at radius 2 is 1.55 bits per heavy atom. The number of hydrogen-bond acceptors (Lipinski definition) is 5. The van der Waals surface area contributed by atoms with Crippen molar-refractivity contribution in [3.63, 3.8) is 0 Å². The molecule has 0 heterocycles. The van der Waals surface area contributed by atoms with Gasteiger partial charge in [0.2, 0.25) is 0 Å². The van der Waals surface area contributed by atoms with Crippen LogP contribution < -0.4 is 5.32 Å². The van der Waals surface area contributed by atoms with Crippen LogP contribution in [-0.2, 0) is 0 Å². The molecule has 0 saturated carbocycles. The molecule has 0 bridgehead atoms. The second-order valence-corrected chi connectivity index (χ2v) is 7.22. The summed E-state index contributed by atoms with van der Waals surface area (Å²) in [4.78, 5) is 46.7. The van der Waals surface area contributed by atoms with Gasteiger partial charge in [0.25, 0.3) is 5.91 Å². The summed E-state index contributed by atoms with van der Waals surface area (Å²) in [5.74, 6) is -2.92. The zero-order valence-electron chi connectivity index (χ0n) is 17.6. The van der Waals surface area contributed by atoms with Gasteiger partial charge in [-0.05, 0) is 42.0 Å². The molecule has 170 valence electrons. The number of aldehydes is 2. The summed E-state index contributed by atoms with van der Waals surface area (Å²) in [7, 11) is 0. The highest BCUT2D eigenvalue weighted by molar-refractivity contribution is 6.36. The molecule has 0 atom stereocenters. The van der Waals surface area contributed by atoms with Gasteiger partial charge < -0.3 is 15.5 Å². The number of carboxylic acids is 1. The van der Waals surface area contributed by atoms with E-state index in [1.165, 1.54) is 12.1 Å². The first-order valence-electron chi connectivity index (χ1n) is 9.66. The Balaban J connectivity index is 0.00000187. The van der Waals surface area contributed by atoms with E-state index >= 15 is 0 Å². The van der Waals surface area contributed by atoms with Crippen LogP contribution in [0.3, 0.4) is 0 Å². The number of rotatable bonds is 6. The van der Waals surface area contributed by atoms with Gasteiger partial charge in [0.1, 0.15) is 5.75 Å². The quantitative estimate of drug-likeness (QED) is 0.368. The monoisotopic (exact) mass is 487 g/mol. The summed E-state index contributed by atoms with van der Waals surface area (Å²) in [6.07, 6.45) is 0.793. The molecular formula is C24H19Cl2NO6. The van der Waals surface area contributed by atoms with Gasteiger partial charge in [0.15, 0.2) is 12.6 Å². The van der Waals surface area contributed by atoms with Crippen LogP contribution >= 0.6 is 23.2 Å². The van der Waals surface area contributed by atoms with Crippen LogP contribution in [0.5, 0.6) is 5.75 Å². The molecule has 0 spiro atoms. The number of amides is 1. The largest absolute Gasteiger partial charge is 0.507 e. The normalized spacial score (nSPS) is 9.94. The third kappa shape index (κ3) is 5.77. The van der Waals surface area contributed by atoms with Crippen molar-refractivity contribution in [1.29, 1.82) is 0 Å². The summed E-state index contributed by atoms with van der Waals surface area (Å²) < 4.78 is 0. The van der Waals surface area contributed by atoms with E-state index in [0.717, 1.165) is 12.1 Å². The van der Waals surface area contributed by atoms with Crippen LogP contribution in [0.15, 0.2) is 48.5 Å². The summed E-state index contributed by atoms with van der Waals surface area (Å²) in [6, 6.07) is 11.2. The Morgan fingerprint density at radius 3 is 2.12 bits per heavy atom. The Labute approximate surface area is 199 Å². The lowest BCUT2D eigenvalue weighted by atomic mass is 10.0. The maximum absolute atomic E-state index is 12.8. The number of nitrogens with one attached hydrogen (secondary N) is 1. The lowest BCUT2D eigenvalue weighted by Gasteiger charge is -2.13. The van der Waals surface area contributed by atoms with E-state index in [1.807, 2.05) is 13.8 Å². The SMILES string of the molecule is CC.O=Cc1cc(C(=O)O)c(C(=O)Nc2cc(-c3ccc(Cl)cc3Cl)ccc2C=O)cc1O. The maximum Gasteiger partial charge on any atom is 0.336 e. The minimum absolute atomic E-state index is 0.0961. The van der Waals surface area contributed by atoms with Gasteiger partial charge in [-0.1, -0.05) is 49.2 Å². The number of hydrogen-bond donors (Lipinski definition) is 3. The average molecular weight is 488 g/mol. The fraction of sp³-hybridized carbons (Fsp3) is 0.0833. The van der Waals surface area contributed by atoms with Gasteiger partial charge in [0, 0.05) is 21.2 Å². The van der Waals surface area contributed by atoms with Crippen molar-refractivity contribution in [2.75, 3.05) is 5.32 Å². The molecular weight excluding hydrogens is 469 g/mol. The van der Waals surface area contributed by atoms with E-state index in [9.17, 15) is 29.4 Å². The number of anilines is 1. The molecule has 3 N–H and O–H groups in total. The number of benzene rings is 3. The highest BCUT2D eigenvalue weighted by Gasteiger charge is 2.21. The fourth-order valence-corrected chi connectivity index (χ4v) is 3.43. The van der Waals surface area contributed by atoms with Crippen molar-refractivity contribution in [1.82, 2.24) is 0 Å². The molecule has 0 aromatic heterocycles. The van der Waals surface area contributed by atoms with Crippen LogP contribution in [0, 0.1) is 0 Å². The van der Waals surface area contributed by atoms with Crippen molar-refractivity contribution < 1.29 is 29.4 Å². The van der Waals surface area contributed by atoms with E-state index in [2.05, 4.69) is 5.32 Å². The molecule has 0 fully saturated rings. The molecule has 0 aliphatic heterocycles. The molecule has 0 radical (unpaired) electrons. The van der Waals surface area contributed by atoms with Gasteiger partial charge in [-0.3, -0.25) is 14.4 Å². The van der Waals surface area contributed by atoms with Crippen molar-refractivity contribution in [3.8, 4) is 16.9 Å². The average Bonchev–Trinajstić information content (AvgIpc) is 2.80. The molecule has 7 nitrogen and oxygen atoms in total. The standard InChI is InChI=1S/C22H13Cl2NO6.C2H6/c23-14-3-4-15(18(24)7-14)11-1-2-12(9-26)19(6-11)25-21(29)16-8-20(28)13(10-27)5-17(16)22(30)31;1-2/h1-10,28H,(H,25,29)(H,30,31);1-2H3. The van der Waals surface area contributed by atoms with E-state index in [-0.39, 0.29) is 28.7 Å². The highest BCUT2D eigenvalue weighted by Crippen LogP contribution is 2.33. The summed E-state index contributed by atoms with van der Waals surface area (Å²) in [5.41, 5.74) is 0.247. The van der Waals surface area contributed by atoms with E-state index in [4.69, 9.17) is 23.2 Å². The first-order chi connectivity index (χ1) is 15.7. The first-order valence-corrected chi connectivity index (χ1v) is 10.4. The van der Waals surface area contributed by atoms with Gasteiger partial charge in [0.05, 0.1) is 22.4 Å². The van der Waals surface area contributed by atoms with Gasteiger partial charge in [-0.2, -0.15) is 0 Å². The second-order valence-electron chi connectivity index (χ2n) is 6.38. The Bertz CT molecular complexity index is 1240. The number of aromatic hydroxyl groups is 1. The third-order valence-corrected chi connectivity index (χ3v) is 4.99. The van der Waals surface area contributed by atoms with Crippen molar-refractivity contribution in [2.24, 2.45) is 0 Å². The van der Waals surface area contributed by atoms with Crippen molar-refractivity contribution >= 4 is 53.3 Å². The smallest absolute Gasteiger partial charge is 0.336 e. The molecule has 33 heavy (non-hydrogen) atoms. The molecule has 1 amide bonds. The molecule has 3 aromatic carbocycles. The number of carboxylic acid groups (broad SMARTS) is 1. The number of aromatic carboxylic acids is 1. The van der Waals surface area contributed by atoms with Crippen molar-refractivity contribution in [2.45, 2.75) is 13.8 Å². The number of carbonyl (C=O) groups excluding carboxylic acids is 3. The van der Waals surface area contributed by atoms with Crippen LogP contribution in [0.1, 0.15) is 55.3 Å². The minimum Gasteiger partial charge on any atom is -0.507 e. The summed E-state index contributed by atoms with van der Waals surface area (Å²) in [6.45, 7) is 4.00. The zero-order chi connectivity index (χ0) is 24.7. The molecule has 0 aliphatic carbocycles. The van der Waals surface area contributed by atoms with Gasteiger partial charge in [-0.15, -0.1) is 0 Å². The number of halogens is 2. The number of phenols is 1. The van der Waals surface area contributed by atoms with Gasteiger partial charge in [-0.25, -0.2) is 4.79 Å². The van der Waals surface area contributed by atoms with E-state index in [1.54, 1.807) is 24.3 Å². The maximum atomic E-state index is 12.8.